The number of ether oxygens (including phenoxy) is 1. The van der Waals surface area contributed by atoms with E-state index in [1.807, 2.05) is 31.3 Å². The van der Waals surface area contributed by atoms with Gasteiger partial charge in [-0.1, -0.05) is 42.5 Å². The lowest BCUT2D eigenvalue weighted by molar-refractivity contribution is -0.137. The van der Waals surface area contributed by atoms with Gasteiger partial charge in [-0.25, -0.2) is 0 Å². The minimum Gasteiger partial charge on any atom is -0.495 e. The number of hydrogen-bond acceptors (Lipinski definition) is 2. The average molecular weight is 283 g/mol. The van der Waals surface area contributed by atoms with E-state index in [0.717, 1.165) is 23.6 Å². The Kier molecular flexibility index (Phi) is 5.90. The van der Waals surface area contributed by atoms with Crippen LogP contribution in [-0.4, -0.2) is 14.2 Å². The minimum absolute atomic E-state index is 0.602. The summed E-state index contributed by atoms with van der Waals surface area (Å²) in [5.41, 5.74) is 0.417. The maximum Gasteiger partial charge on any atom is 0.416 e. The van der Waals surface area contributed by atoms with Crippen molar-refractivity contribution in [3.63, 3.8) is 0 Å². The van der Waals surface area contributed by atoms with Crippen LogP contribution in [0.4, 0.5) is 18.9 Å². The van der Waals surface area contributed by atoms with Crippen LogP contribution in [0.2, 0.25) is 0 Å². The second kappa shape index (κ2) is 7.43. The van der Waals surface area contributed by atoms with Crippen molar-refractivity contribution in [2.45, 2.75) is 6.18 Å². The lowest BCUT2D eigenvalue weighted by atomic mass is 10.2. The molecule has 0 amide bonds. The maximum atomic E-state index is 11.8. The zero-order valence-corrected chi connectivity index (χ0v) is 11.2. The Hall–Kier alpha value is -2.17. The van der Waals surface area contributed by atoms with Crippen LogP contribution in [0.3, 0.4) is 0 Å². The van der Waals surface area contributed by atoms with Crippen molar-refractivity contribution in [3.05, 3.63) is 60.2 Å². The molecule has 0 fully saturated rings. The molecule has 0 spiro atoms. The van der Waals surface area contributed by atoms with Crippen LogP contribution in [-0.2, 0) is 6.18 Å². The van der Waals surface area contributed by atoms with Crippen molar-refractivity contribution in [1.29, 1.82) is 0 Å². The fraction of sp³-hybridized carbons (Fsp3) is 0.200. The van der Waals surface area contributed by atoms with Crippen molar-refractivity contribution in [2.75, 3.05) is 19.5 Å². The quantitative estimate of drug-likeness (QED) is 0.879. The van der Waals surface area contributed by atoms with Gasteiger partial charge >= 0.3 is 6.18 Å². The van der Waals surface area contributed by atoms with Crippen LogP contribution >= 0.6 is 0 Å². The molecule has 0 unspecified atom stereocenters. The molecule has 2 aromatic rings. The molecular formula is C15H16F3NO. The molecule has 2 aromatic carbocycles. The van der Waals surface area contributed by atoms with Crippen LogP contribution in [0.15, 0.2) is 54.6 Å². The van der Waals surface area contributed by atoms with Crippen molar-refractivity contribution in [1.82, 2.24) is 0 Å². The molecule has 2 rings (SSSR count). The average Bonchev–Trinajstić information content (AvgIpc) is 2.48. The van der Waals surface area contributed by atoms with Crippen molar-refractivity contribution < 1.29 is 17.9 Å². The first kappa shape index (κ1) is 15.9. The van der Waals surface area contributed by atoms with E-state index in [0.29, 0.717) is 0 Å². The van der Waals surface area contributed by atoms with Gasteiger partial charge in [0.25, 0.3) is 0 Å². The molecule has 20 heavy (non-hydrogen) atoms. The highest BCUT2D eigenvalue weighted by atomic mass is 19.4. The summed E-state index contributed by atoms with van der Waals surface area (Å²) in [5.74, 6) is 0.880. The van der Waals surface area contributed by atoms with Gasteiger partial charge in [0, 0.05) is 7.05 Å². The lowest BCUT2D eigenvalue weighted by Gasteiger charge is -2.05. The van der Waals surface area contributed by atoms with Crippen molar-refractivity contribution >= 4 is 5.69 Å². The summed E-state index contributed by atoms with van der Waals surface area (Å²) >= 11 is 0. The molecule has 0 aliphatic carbocycles. The van der Waals surface area contributed by atoms with Crippen LogP contribution in [0.1, 0.15) is 5.56 Å². The Morgan fingerprint density at radius 1 is 0.900 bits per heavy atom. The van der Waals surface area contributed by atoms with E-state index in [2.05, 4.69) is 5.32 Å². The summed E-state index contributed by atoms with van der Waals surface area (Å²) < 4.78 is 40.4. The SMILES string of the molecule is CNc1ccccc1OC.FC(F)(F)c1ccccc1. The smallest absolute Gasteiger partial charge is 0.416 e. The van der Waals surface area contributed by atoms with Crippen LogP contribution in [0.25, 0.3) is 0 Å². The van der Waals surface area contributed by atoms with Gasteiger partial charge in [-0.3, -0.25) is 0 Å². The molecular weight excluding hydrogens is 267 g/mol. The third kappa shape index (κ3) is 4.84. The monoisotopic (exact) mass is 283 g/mol. The minimum atomic E-state index is -4.21. The van der Waals surface area contributed by atoms with E-state index in [4.69, 9.17) is 4.74 Å². The second-order valence-corrected chi connectivity index (χ2v) is 3.81. The molecule has 0 saturated carbocycles. The molecule has 5 heteroatoms. The number of para-hydroxylation sites is 2. The Labute approximate surface area is 116 Å². The van der Waals surface area contributed by atoms with Gasteiger partial charge in [0.1, 0.15) is 5.75 Å². The fourth-order valence-electron chi connectivity index (χ4n) is 1.48. The summed E-state index contributed by atoms with van der Waals surface area (Å²) in [6.45, 7) is 0. The summed E-state index contributed by atoms with van der Waals surface area (Å²) in [5, 5.41) is 3.02. The van der Waals surface area contributed by atoms with E-state index >= 15 is 0 Å². The fourth-order valence-corrected chi connectivity index (χ4v) is 1.48. The van der Waals surface area contributed by atoms with Gasteiger partial charge in [-0.05, 0) is 12.1 Å². The Morgan fingerprint density at radius 2 is 1.45 bits per heavy atom. The number of rotatable bonds is 2. The summed E-state index contributed by atoms with van der Waals surface area (Å²) in [4.78, 5) is 0. The Balaban J connectivity index is 0.000000200. The molecule has 0 aliphatic heterocycles. The number of nitrogens with one attached hydrogen (secondary N) is 1. The van der Waals surface area contributed by atoms with Crippen molar-refractivity contribution in [3.8, 4) is 5.75 Å². The molecule has 108 valence electrons. The normalized spacial score (nSPS) is 10.2. The summed E-state index contributed by atoms with van der Waals surface area (Å²) in [6.07, 6.45) is -4.21. The molecule has 0 atom stereocenters. The first-order valence-electron chi connectivity index (χ1n) is 5.92. The zero-order chi connectivity index (χ0) is 15.0. The summed E-state index contributed by atoms with van der Waals surface area (Å²) in [7, 11) is 3.54. The standard InChI is InChI=1S/C8H11NO.C7H5F3/c1-9-7-5-3-4-6-8(7)10-2;8-7(9,10)6-4-2-1-3-5-6/h3-6,9H,1-2H3;1-5H. The van der Waals surface area contributed by atoms with Crippen LogP contribution in [0, 0.1) is 0 Å². The third-order valence-electron chi connectivity index (χ3n) is 2.48. The van der Waals surface area contributed by atoms with Gasteiger partial charge in [0.15, 0.2) is 0 Å². The zero-order valence-electron chi connectivity index (χ0n) is 11.2. The number of alkyl halides is 3. The maximum absolute atomic E-state index is 11.8. The van der Waals surface area contributed by atoms with E-state index in [-0.39, 0.29) is 0 Å². The van der Waals surface area contributed by atoms with Gasteiger partial charge in [0.05, 0.1) is 18.4 Å². The Morgan fingerprint density at radius 3 is 1.85 bits per heavy atom. The first-order valence-corrected chi connectivity index (χ1v) is 5.92. The molecule has 0 aliphatic rings. The predicted octanol–water partition coefficient (Wildman–Crippen LogP) is 4.44. The largest absolute Gasteiger partial charge is 0.495 e. The topological polar surface area (TPSA) is 21.3 Å². The molecule has 2 nitrogen and oxygen atoms in total. The molecule has 1 N–H and O–H groups in total. The van der Waals surface area contributed by atoms with Crippen LogP contribution < -0.4 is 10.1 Å². The van der Waals surface area contributed by atoms with Crippen molar-refractivity contribution in [2.24, 2.45) is 0 Å². The summed E-state index contributed by atoms with van der Waals surface area (Å²) in [6, 6.07) is 14.2. The number of anilines is 1. The van der Waals surface area contributed by atoms with E-state index in [1.165, 1.54) is 12.1 Å². The third-order valence-corrected chi connectivity index (χ3v) is 2.48. The molecule has 0 heterocycles. The molecule has 0 aromatic heterocycles. The van der Waals surface area contributed by atoms with Gasteiger partial charge in [-0.15, -0.1) is 0 Å². The molecule has 0 saturated heterocycles. The highest BCUT2D eigenvalue weighted by Crippen LogP contribution is 2.28. The number of benzene rings is 2. The first-order chi connectivity index (χ1) is 9.49. The van der Waals surface area contributed by atoms with E-state index < -0.39 is 11.7 Å². The highest BCUT2D eigenvalue weighted by molar-refractivity contribution is 5.55. The number of methoxy groups -OCH3 is 1. The number of hydrogen-bond donors (Lipinski definition) is 1. The number of halogens is 3. The Bertz CT molecular complexity index is 489. The van der Waals surface area contributed by atoms with Gasteiger partial charge in [-0.2, -0.15) is 13.2 Å². The molecule has 0 radical (unpaired) electrons. The van der Waals surface area contributed by atoms with Gasteiger partial charge < -0.3 is 10.1 Å². The van der Waals surface area contributed by atoms with E-state index in [9.17, 15) is 13.2 Å². The van der Waals surface area contributed by atoms with E-state index in [1.54, 1.807) is 13.2 Å². The highest BCUT2D eigenvalue weighted by Gasteiger charge is 2.29. The van der Waals surface area contributed by atoms with Gasteiger partial charge in [0.2, 0.25) is 0 Å². The lowest BCUT2D eigenvalue weighted by Crippen LogP contribution is -2.03. The predicted molar refractivity (Wildman–Crippen MR) is 74.0 cm³/mol. The van der Waals surface area contributed by atoms with Crippen LogP contribution in [0.5, 0.6) is 5.75 Å². The second-order valence-electron chi connectivity index (χ2n) is 3.81. The molecule has 0 bridgehead atoms.